The Hall–Kier alpha value is -0.840. The maximum Gasteiger partial charge on any atom is 0.224 e. The van der Waals surface area contributed by atoms with Gasteiger partial charge < -0.3 is 10.6 Å². The Bertz CT molecular complexity index is 410. The molecular formula is C13H21BrN4. The lowest BCUT2D eigenvalue weighted by atomic mass is 9.80. The molecule has 100 valence electrons. The van der Waals surface area contributed by atoms with Gasteiger partial charge in [0.25, 0.3) is 0 Å². The maximum atomic E-state index is 4.46. The van der Waals surface area contributed by atoms with Crippen molar-refractivity contribution in [3.63, 3.8) is 0 Å². The molecule has 0 amide bonds. The maximum absolute atomic E-state index is 4.46. The summed E-state index contributed by atoms with van der Waals surface area (Å²) >= 11 is 3.50. The van der Waals surface area contributed by atoms with Gasteiger partial charge in [-0.2, -0.15) is 4.98 Å². The molecule has 3 atom stereocenters. The van der Waals surface area contributed by atoms with Gasteiger partial charge in [-0.05, 0) is 47.0 Å². The first-order valence-electron chi connectivity index (χ1n) is 6.57. The Kier molecular flexibility index (Phi) is 4.43. The van der Waals surface area contributed by atoms with Gasteiger partial charge in [0.2, 0.25) is 5.95 Å². The van der Waals surface area contributed by atoms with E-state index in [4.69, 9.17) is 0 Å². The third-order valence-corrected chi connectivity index (χ3v) is 4.30. The van der Waals surface area contributed by atoms with Crippen LogP contribution in [-0.4, -0.2) is 23.1 Å². The van der Waals surface area contributed by atoms with Crippen LogP contribution in [0.25, 0.3) is 0 Å². The van der Waals surface area contributed by atoms with E-state index in [1.54, 1.807) is 6.20 Å². The van der Waals surface area contributed by atoms with E-state index < -0.39 is 0 Å². The zero-order chi connectivity index (χ0) is 13.1. The Morgan fingerprint density at radius 1 is 1.33 bits per heavy atom. The third-order valence-electron chi connectivity index (χ3n) is 3.72. The molecule has 2 rings (SSSR count). The van der Waals surface area contributed by atoms with Gasteiger partial charge in [-0.1, -0.05) is 13.8 Å². The normalized spacial score (nSPS) is 27.9. The van der Waals surface area contributed by atoms with E-state index in [1.165, 1.54) is 19.3 Å². The van der Waals surface area contributed by atoms with Crippen LogP contribution in [0.3, 0.4) is 0 Å². The zero-order valence-corrected chi connectivity index (χ0v) is 12.8. The van der Waals surface area contributed by atoms with Gasteiger partial charge in [-0.25, -0.2) is 4.98 Å². The van der Waals surface area contributed by atoms with Gasteiger partial charge >= 0.3 is 0 Å². The third kappa shape index (κ3) is 3.13. The number of anilines is 2. The minimum Gasteiger partial charge on any atom is -0.366 e. The van der Waals surface area contributed by atoms with Crippen molar-refractivity contribution in [3.8, 4) is 0 Å². The highest BCUT2D eigenvalue weighted by Crippen LogP contribution is 2.32. The lowest BCUT2D eigenvalue weighted by molar-refractivity contribution is 0.276. The Balaban J connectivity index is 2.08. The van der Waals surface area contributed by atoms with Gasteiger partial charge in [-0.3, -0.25) is 0 Å². The molecule has 0 spiro atoms. The lowest BCUT2D eigenvalue weighted by Gasteiger charge is -2.33. The first-order chi connectivity index (χ1) is 8.60. The molecule has 1 aromatic heterocycles. The SMILES string of the molecule is CNc1ncc(Br)c(NC2CCC(C)CC2C)n1. The predicted octanol–water partition coefficient (Wildman–Crippen LogP) is 3.52. The number of nitrogens with one attached hydrogen (secondary N) is 2. The van der Waals surface area contributed by atoms with E-state index >= 15 is 0 Å². The molecule has 3 unspecified atom stereocenters. The van der Waals surface area contributed by atoms with E-state index in [9.17, 15) is 0 Å². The monoisotopic (exact) mass is 312 g/mol. The number of halogens is 1. The molecule has 1 aliphatic rings. The van der Waals surface area contributed by atoms with Gasteiger partial charge in [-0.15, -0.1) is 0 Å². The van der Waals surface area contributed by atoms with E-state index in [2.05, 4.69) is 50.4 Å². The predicted molar refractivity (Wildman–Crippen MR) is 78.9 cm³/mol. The summed E-state index contributed by atoms with van der Waals surface area (Å²) < 4.78 is 0.923. The topological polar surface area (TPSA) is 49.8 Å². The Morgan fingerprint density at radius 2 is 2.11 bits per heavy atom. The van der Waals surface area contributed by atoms with Crippen molar-refractivity contribution in [3.05, 3.63) is 10.7 Å². The van der Waals surface area contributed by atoms with Gasteiger partial charge in [0, 0.05) is 19.3 Å². The minimum atomic E-state index is 0.511. The molecule has 0 aliphatic heterocycles. The first-order valence-corrected chi connectivity index (χ1v) is 7.36. The van der Waals surface area contributed by atoms with E-state index in [0.717, 1.165) is 16.2 Å². The molecule has 4 nitrogen and oxygen atoms in total. The summed E-state index contributed by atoms with van der Waals surface area (Å²) in [6, 6.07) is 0.511. The molecule has 18 heavy (non-hydrogen) atoms. The molecule has 1 fully saturated rings. The highest BCUT2D eigenvalue weighted by Gasteiger charge is 2.25. The molecule has 0 bridgehead atoms. The summed E-state index contributed by atoms with van der Waals surface area (Å²) in [5, 5.41) is 6.52. The zero-order valence-electron chi connectivity index (χ0n) is 11.2. The molecule has 2 N–H and O–H groups in total. The number of hydrogen-bond donors (Lipinski definition) is 2. The van der Waals surface area contributed by atoms with Crippen LogP contribution in [0.4, 0.5) is 11.8 Å². The molecule has 1 aliphatic carbocycles. The molecular weight excluding hydrogens is 292 g/mol. The molecule has 1 aromatic rings. The van der Waals surface area contributed by atoms with Crippen LogP contribution in [0, 0.1) is 11.8 Å². The van der Waals surface area contributed by atoms with Crippen LogP contribution in [0.2, 0.25) is 0 Å². The van der Waals surface area contributed by atoms with Crippen molar-refractivity contribution < 1.29 is 0 Å². The Labute approximate surface area is 117 Å². The first kappa shape index (κ1) is 13.6. The average molecular weight is 313 g/mol. The van der Waals surface area contributed by atoms with Crippen LogP contribution in [0.1, 0.15) is 33.1 Å². The van der Waals surface area contributed by atoms with Crippen molar-refractivity contribution in [2.45, 2.75) is 39.2 Å². The highest BCUT2D eigenvalue weighted by atomic mass is 79.9. The highest BCUT2D eigenvalue weighted by molar-refractivity contribution is 9.10. The fourth-order valence-corrected chi connectivity index (χ4v) is 2.95. The molecule has 1 saturated carbocycles. The minimum absolute atomic E-state index is 0.511. The summed E-state index contributed by atoms with van der Waals surface area (Å²) in [7, 11) is 1.83. The molecule has 5 heteroatoms. The van der Waals surface area contributed by atoms with Crippen LogP contribution in [0.5, 0.6) is 0 Å². The summed E-state index contributed by atoms with van der Waals surface area (Å²) in [5.41, 5.74) is 0. The van der Waals surface area contributed by atoms with Crippen molar-refractivity contribution in [2.24, 2.45) is 11.8 Å². The van der Waals surface area contributed by atoms with Crippen LogP contribution in [0.15, 0.2) is 10.7 Å². The smallest absolute Gasteiger partial charge is 0.224 e. The second-order valence-electron chi connectivity index (χ2n) is 5.29. The number of aromatic nitrogens is 2. The van der Waals surface area contributed by atoms with Crippen LogP contribution < -0.4 is 10.6 Å². The Morgan fingerprint density at radius 3 is 2.78 bits per heavy atom. The van der Waals surface area contributed by atoms with Crippen molar-refractivity contribution in [2.75, 3.05) is 17.7 Å². The van der Waals surface area contributed by atoms with Crippen molar-refractivity contribution in [1.29, 1.82) is 0 Å². The van der Waals surface area contributed by atoms with Gasteiger partial charge in [0.1, 0.15) is 5.82 Å². The quantitative estimate of drug-likeness (QED) is 0.896. The van der Waals surface area contributed by atoms with Crippen LogP contribution >= 0.6 is 15.9 Å². The summed E-state index contributed by atoms with van der Waals surface area (Å²) in [6.45, 7) is 4.66. The van der Waals surface area contributed by atoms with E-state index in [0.29, 0.717) is 17.9 Å². The van der Waals surface area contributed by atoms with Gasteiger partial charge in [0.15, 0.2) is 0 Å². The average Bonchev–Trinajstić information content (AvgIpc) is 2.35. The fraction of sp³-hybridized carbons (Fsp3) is 0.692. The largest absolute Gasteiger partial charge is 0.366 e. The summed E-state index contributed by atoms with van der Waals surface area (Å²) in [5.74, 6) is 3.08. The fourth-order valence-electron chi connectivity index (χ4n) is 2.64. The second kappa shape index (κ2) is 5.87. The van der Waals surface area contributed by atoms with Crippen molar-refractivity contribution in [1.82, 2.24) is 9.97 Å². The molecule has 1 heterocycles. The van der Waals surface area contributed by atoms with E-state index in [-0.39, 0.29) is 0 Å². The second-order valence-corrected chi connectivity index (χ2v) is 6.14. The van der Waals surface area contributed by atoms with Gasteiger partial charge in [0.05, 0.1) is 4.47 Å². The van der Waals surface area contributed by atoms with Crippen molar-refractivity contribution >= 4 is 27.7 Å². The summed E-state index contributed by atoms with van der Waals surface area (Å²) in [6.07, 6.45) is 5.59. The molecule has 0 aromatic carbocycles. The number of nitrogens with zero attached hydrogens (tertiary/aromatic N) is 2. The van der Waals surface area contributed by atoms with E-state index in [1.807, 2.05) is 7.05 Å². The lowest BCUT2D eigenvalue weighted by Crippen LogP contribution is -2.33. The van der Waals surface area contributed by atoms with Crippen LogP contribution in [-0.2, 0) is 0 Å². The standard InChI is InChI=1S/C13H21BrN4/c1-8-4-5-11(9(2)6-8)17-12-10(14)7-16-13(15-3)18-12/h7-9,11H,4-6H2,1-3H3,(H2,15,16,17,18). The molecule has 0 saturated heterocycles. The molecule has 0 radical (unpaired) electrons. The number of hydrogen-bond acceptors (Lipinski definition) is 4. The summed E-state index contributed by atoms with van der Waals surface area (Å²) in [4.78, 5) is 8.63. The number of rotatable bonds is 3.